The third-order valence-corrected chi connectivity index (χ3v) is 7.78. The average molecular weight is 575 g/mol. The van der Waals surface area contributed by atoms with Gasteiger partial charge in [0.05, 0.1) is 26.1 Å². The van der Waals surface area contributed by atoms with Gasteiger partial charge < -0.3 is 24.1 Å². The van der Waals surface area contributed by atoms with Crippen molar-refractivity contribution in [3.05, 3.63) is 33.9 Å². The number of carboxylic acid groups (broad SMARTS) is 1. The molecule has 0 bridgehead atoms. The van der Waals surface area contributed by atoms with Gasteiger partial charge in [-0.25, -0.2) is 4.79 Å². The quantitative estimate of drug-likeness (QED) is 0.0905. The fourth-order valence-corrected chi connectivity index (χ4v) is 4.95. The zero-order valence-corrected chi connectivity index (χ0v) is 25.4. The van der Waals surface area contributed by atoms with Gasteiger partial charge in [-0.1, -0.05) is 64.0 Å². The number of fused-ring (bicyclic) bond motifs is 1. The largest absolute Gasteiger partial charge is 0.496 e. The van der Waals surface area contributed by atoms with Crippen molar-refractivity contribution in [2.45, 2.75) is 105 Å². The summed E-state index contributed by atoms with van der Waals surface area (Å²) in [5.74, 6) is -1.89. The van der Waals surface area contributed by atoms with Crippen molar-refractivity contribution in [2.75, 3.05) is 14.2 Å². The SMILES string of the molecule is COC(=O)CCC(C)=CCc1c(OC)c(C)c2c(c1OC(=O)C(C)CCCCCCCCC(C)C(=O)O)C(=O)OC2. The van der Waals surface area contributed by atoms with E-state index in [2.05, 4.69) is 0 Å². The highest BCUT2D eigenvalue weighted by molar-refractivity contribution is 5.99. The molecule has 1 N–H and O–H groups in total. The number of methoxy groups -OCH3 is 2. The van der Waals surface area contributed by atoms with E-state index < -0.39 is 17.9 Å². The van der Waals surface area contributed by atoms with E-state index in [1.54, 1.807) is 14.0 Å². The van der Waals surface area contributed by atoms with Crippen LogP contribution in [0.15, 0.2) is 11.6 Å². The second kappa shape index (κ2) is 16.8. The van der Waals surface area contributed by atoms with Gasteiger partial charge in [0.15, 0.2) is 5.75 Å². The zero-order chi connectivity index (χ0) is 30.5. The van der Waals surface area contributed by atoms with Crippen molar-refractivity contribution >= 4 is 23.9 Å². The molecule has 9 nitrogen and oxygen atoms in total. The van der Waals surface area contributed by atoms with Crippen molar-refractivity contribution in [1.82, 2.24) is 0 Å². The van der Waals surface area contributed by atoms with E-state index in [0.29, 0.717) is 42.6 Å². The lowest BCUT2D eigenvalue weighted by Gasteiger charge is -2.20. The number of allylic oxidation sites excluding steroid dienone is 2. The normalized spacial score (nSPS) is 14.2. The number of esters is 3. The Morgan fingerprint density at radius 2 is 1.56 bits per heavy atom. The molecule has 2 atom stereocenters. The molecule has 2 rings (SSSR count). The number of benzene rings is 1. The molecule has 41 heavy (non-hydrogen) atoms. The van der Waals surface area contributed by atoms with Crippen LogP contribution in [0.25, 0.3) is 0 Å². The van der Waals surface area contributed by atoms with Crippen LogP contribution in [0.4, 0.5) is 0 Å². The maximum Gasteiger partial charge on any atom is 0.342 e. The minimum absolute atomic E-state index is 0.0972. The molecule has 0 aromatic heterocycles. The smallest absolute Gasteiger partial charge is 0.342 e. The second-order valence-electron chi connectivity index (χ2n) is 11.0. The maximum atomic E-state index is 13.2. The number of carbonyl (C=O) groups excluding carboxylic acids is 3. The molecule has 0 amide bonds. The van der Waals surface area contributed by atoms with Crippen LogP contribution >= 0.6 is 0 Å². The number of hydrogen-bond acceptors (Lipinski definition) is 8. The zero-order valence-electron chi connectivity index (χ0n) is 25.4. The van der Waals surface area contributed by atoms with E-state index in [-0.39, 0.29) is 42.1 Å². The van der Waals surface area contributed by atoms with E-state index in [1.807, 2.05) is 26.8 Å². The Labute approximate surface area is 243 Å². The summed E-state index contributed by atoms with van der Waals surface area (Å²) >= 11 is 0. The van der Waals surface area contributed by atoms with E-state index in [1.165, 1.54) is 7.11 Å². The number of carbonyl (C=O) groups is 4. The molecule has 1 aliphatic rings. The number of rotatable bonds is 18. The molecule has 1 aromatic rings. The molecule has 0 fully saturated rings. The highest BCUT2D eigenvalue weighted by Gasteiger charge is 2.34. The summed E-state index contributed by atoms with van der Waals surface area (Å²) in [4.78, 5) is 48.4. The average Bonchev–Trinajstić information content (AvgIpc) is 3.34. The Morgan fingerprint density at radius 1 is 0.951 bits per heavy atom. The fourth-order valence-electron chi connectivity index (χ4n) is 4.95. The predicted molar refractivity (Wildman–Crippen MR) is 154 cm³/mol. The van der Waals surface area contributed by atoms with Gasteiger partial charge in [0, 0.05) is 17.5 Å². The molecule has 0 aliphatic carbocycles. The van der Waals surface area contributed by atoms with Gasteiger partial charge in [0.25, 0.3) is 0 Å². The highest BCUT2D eigenvalue weighted by atomic mass is 16.6. The fraction of sp³-hybridized carbons (Fsp3) is 0.625. The minimum Gasteiger partial charge on any atom is -0.496 e. The lowest BCUT2D eigenvalue weighted by atomic mass is 9.94. The van der Waals surface area contributed by atoms with Crippen molar-refractivity contribution in [1.29, 1.82) is 0 Å². The number of carboxylic acids is 1. The van der Waals surface area contributed by atoms with Crippen LogP contribution in [0.3, 0.4) is 0 Å². The molecule has 9 heteroatoms. The first kappa shape index (κ1) is 33.8. The molecule has 1 heterocycles. The number of cyclic esters (lactones) is 1. The lowest BCUT2D eigenvalue weighted by Crippen LogP contribution is -2.20. The summed E-state index contributed by atoms with van der Waals surface area (Å²) in [6, 6.07) is 0. The molecular formula is C32H46O9. The second-order valence-corrected chi connectivity index (χ2v) is 11.0. The summed E-state index contributed by atoms with van der Waals surface area (Å²) in [5, 5.41) is 8.97. The Bertz CT molecular complexity index is 1120. The van der Waals surface area contributed by atoms with Crippen molar-refractivity contribution in [3.8, 4) is 11.5 Å². The van der Waals surface area contributed by atoms with Crippen LogP contribution in [-0.2, 0) is 36.9 Å². The molecule has 0 saturated carbocycles. The molecule has 0 saturated heterocycles. The standard InChI is InChI=1S/C32H46O9/c1-20(16-18-26(33)38-5)15-17-24-28(39-6)23(4)25-19-40-32(37)27(25)29(24)41-31(36)22(3)14-12-10-8-7-9-11-13-21(2)30(34)35/h15,21-22H,7-14,16-19H2,1-6H3,(H,34,35). The predicted octanol–water partition coefficient (Wildman–Crippen LogP) is 6.50. The van der Waals surface area contributed by atoms with Crippen LogP contribution < -0.4 is 9.47 Å². The first-order chi connectivity index (χ1) is 19.5. The molecule has 1 aromatic carbocycles. The molecule has 0 radical (unpaired) electrons. The van der Waals surface area contributed by atoms with E-state index >= 15 is 0 Å². The van der Waals surface area contributed by atoms with E-state index in [4.69, 9.17) is 24.1 Å². The van der Waals surface area contributed by atoms with Gasteiger partial charge in [-0.15, -0.1) is 0 Å². The van der Waals surface area contributed by atoms with Crippen LogP contribution in [0, 0.1) is 18.8 Å². The summed E-state index contributed by atoms with van der Waals surface area (Å²) in [5.41, 5.74) is 3.26. The summed E-state index contributed by atoms with van der Waals surface area (Å²) in [7, 11) is 2.90. The van der Waals surface area contributed by atoms with Crippen LogP contribution in [-0.4, -0.2) is 43.2 Å². The highest BCUT2D eigenvalue weighted by Crippen LogP contribution is 2.43. The van der Waals surface area contributed by atoms with Gasteiger partial charge in [0.2, 0.25) is 0 Å². The van der Waals surface area contributed by atoms with Gasteiger partial charge in [-0.3, -0.25) is 14.4 Å². The molecule has 1 aliphatic heterocycles. The third kappa shape index (κ3) is 9.90. The van der Waals surface area contributed by atoms with Gasteiger partial charge in [-0.05, 0) is 45.1 Å². The first-order valence-corrected chi connectivity index (χ1v) is 14.6. The lowest BCUT2D eigenvalue weighted by molar-refractivity contribution is -0.142. The number of unbranched alkanes of at least 4 members (excludes halogenated alkanes) is 5. The van der Waals surface area contributed by atoms with Crippen LogP contribution in [0.1, 0.15) is 112 Å². The Hall–Kier alpha value is -3.36. The summed E-state index contributed by atoms with van der Waals surface area (Å²) < 4.78 is 21.7. The summed E-state index contributed by atoms with van der Waals surface area (Å²) in [6.07, 6.45) is 10.3. The molecule has 0 spiro atoms. The molecule has 2 unspecified atom stereocenters. The Morgan fingerprint density at radius 3 is 2.15 bits per heavy atom. The first-order valence-electron chi connectivity index (χ1n) is 14.6. The van der Waals surface area contributed by atoms with E-state index in [9.17, 15) is 19.2 Å². The molecular weight excluding hydrogens is 528 g/mol. The number of aliphatic carboxylic acids is 1. The van der Waals surface area contributed by atoms with Crippen molar-refractivity contribution in [3.63, 3.8) is 0 Å². The third-order valence-electron chi connectivity index (χ3n) is 7.78. The van der Waals surface area contributed by atoms with Gasteiger partial charge in [0.1, 0.15) is 17.9 Å². The number of ether oxygens (including phenoxy) is 4. The van der Waals surface area contributed by atoms with Crippen molar-refractivity contribution in [2.24, 2.45) is 11.8 Å². The van der Waals surface area contributed by atoms with Crippen LogP contribution in [0.2, 0.25) is 0 Å². The van der Waals surface area contributed by atoms with Crippen LogP contribution in [0.5, 0.6) is 11.5 Å². The summed E-state index contributed by atoms with van der Waals surface area (Å²) in [6.45, 7) is 7.43. The van der Waals surface area contributed by atoms with E-state index in [0.717, 1.165) is 49.7 Å². The number of hydrogen-bond donors (Lipinski definition) is 1. The minimum atomic E-state index is -0.744. The Balaban J connectivity index is 2.07. The molecule has 228 valence electrons. The Kier molecular flexibility index (Phi) is 13.9. The van der Waals surface area contributed by atoms with Crippen molar-refractivity contribution < 1.29 is 43.2 Å². The maximum absolute atomic E-state index is 13.2. The van der Waals surface area contributed by atoms with Gasteiger partial charge in [-0.2, -0.15) is 0 Å². The van der Waals surface area contributed by atoms with Gasteiger partial charge >= 0.3 is 23.9 Å². The monoisotopic (exact) mass is 574 g/mol. The topological polar surface area (TPSA) is 125 Å².